The van der Waals surface area contributed by atoms with E-state index in [4.69, 9.17) is 0 Å². The largest absolute Gasteiger partial charge is 0.334 e. The summed E-state index contributed by atoms with van der Waals surface area (Å²) in [5, 5.41) is 3.16. The van der Waals surface area contributed by atoms with Crippen molar-refractivity contribution >= 4 is 0 Å². The molecule has 3 nitrogen and oxygen atoms in total. The normalized spacial score (nSPS) is 12.9. The SMILES string of the molecule is CCCCC(CC)Cn1ccnc1CNC. The molecule has 0 radical (unpaired) electrons. The van der Waals surface area contributed by atoms with Crippen LogP contribution >= 0.6 is 0 Å². The summed E-state index contributed by atoms with van der Waals surface area (Å²) in [5.74, 6) is 1.95. The minimum Gasteiger partial charge on any atom is -0.334 e. The Morgan fingerprint density at radius 1 is 1.44 bits per heavy atom. The van der Waals surface area contributed by atoms with Crippen LogP contribution in [0, 0.1) is 5.92 Å². The van der Waals surface area contributed by atoms with Crippen molar-refractivity contribution < 1.29 is 0 Å². The Balaban J connectivity index is 2.51. The molecule has 1 unspecified atom stereocenters. The number of unbranched alkanes of at least 4 members (excludes halogenated alkanes) is 1. The molecular formula is C13H25N3. The van der Waals surface area contributed by atoms with Gasteiger partial charge in [0.1, 0.15) is 5.82 Å². The molecule has 0 saturated heterocycles. The molecule has 0 amide bonds. The third-order valence-corrected chi connectivity index (χ3v) is 3.13. The van der Waals surface area contributed by atoms with E-state index < -0.39 is 0 Å². The van der Waals surface area contributed by atoms with Crippen LogP contribution in [0.5, 0.6) is 0 Å². The summed E-state index contributed by atoms with van der Waals surface area (Å²) in [5.41, 5.74) is 0. The molecule has 1 aromatic heterocycles. The highest BCUT2D eigenvalue weighted by atomic mass is 15.1. The summed E-state index contributed by atoms with van der Waals surface area (Å²) >= 11 is 0. The van der Waals surface area contributed by atoms with Gasteiger partial charge in [-0.15, -0.1) is 0 Å². The Kier molecular flexibility index (Phi) is 6.16. The standard InChI is InChI=1S/C13H25N3/c1-4-6-7-12(5-2)11-16-9-8-15-13(16)10-14-3/h8-9,12,14H,4-7,10-11H2,1-3H3. The van der Waals surface area contributed by atoms with Crippen molar-refractivity contribution in [2.24, 2.45) is 5.92 Å². The first-order valence-corrected chi connectivity index (χ1v) is 6.46. The topological polar surface area (TPSA) is 29.9 Å². The Morgan fingerprint density at radius 3 is 2.88 bits per heavy atom. The van der Waals surface area contributed by atoms with Crippen molar-refractivity contribution in [1.82, 2.24) is 14.9 Å². The van der Waals surface area contributed by atoms with Crippen LogP contribution in [0.3, 0.4) is 0 Å². The molecule has 0 fully saturated rings. The quantitative estimate of drug-likeness (QED) is 0.734. The predicted octanol–water partition coefficient (Wildman–Crippen LogP) is 2.82. The zero-order valence-electron chi connectivity index (χ0n) is 10.9. The Hall–Kier alpha value is -0.830. The van der Waals surface area contributed by atoms with Crippen molar-refractivity contribution in [3.63, 3.8) is 0 Å². The lowest BCUT2D eigenvalue weighted by Gasteiger charge is -2.16. The lowest BCUT2D eigenvalue weighted by atomic mass is 9.99. The number of hydrogen-bond acceptors (Lipinski definition) is 2. The average molecular weight is 223 g/mol. The maximum absolute atomic E-state index is 4.37. The minimum atomic E-state index is 0.796. The molecule has 0 aromatic carbocycles. The van der Waals surface area contributed by atoms with Crippen LogP contribution in [0.2, 0.25) is 0 Å². The van der Waals surface area contributed by atoms with Crippen LogP contribution < -0.4 is 5.32 Å². The van der Waals surface area contributed by atoms with Gasteiger partial charge in [0, 0.05) is 18.9 Å². The Bertz CT molecular complexity index is 280. The number of nitrogens with zero attached hydrogens (tertiary/aromatic N) is 2. The Morgan fingerprint density at radius 2 is 2.25 bits per heavy atom. The molecular weight excluding hydrogens is 198 g/mol. The van der Waals surface area contributed by atoms with Crippen LogP contribution in [0.25, 0.3) is 0 Å². The van der Waals surface area contributed by atoms with E-state index in [1.165, 1.54) is 25.7 Å². The van der Waals surface area contributed by atoms with Crippen molar-refractivity contribution in [3.05, 3.63) is 18.2 Å². The minimum absolute atomic E-state index is 0.796. The number of imidazole rings is 1. The monoisotopic (exact) mass is 223 g/mol. The van der Waals surface area contributed by atoms with E-state index in [0.717, 1.165) is 24.8 Å². The number of hydrogen-bond donors (Lipinski definition) is 1. The van der Waals surface area contributed by atoms with Crippen LogP contribution in [0.1, 0.15) is 45.4 Å². The van der Waals surface area contributed by atoms with E-state index in [-0.39, 0.29) is 0 Å². The van der Waals surface area contributed by atoms with E-state index in [9.17, 15) is 0 Å². The molecule has 3 heteroatoms. The maximum atomic E-state index is 4.37. The summed E-state index contributed by atoms with van der Waals surface area (Å²) in [6.07, 6.45) is 9.24. The lowest BCUT2D eigenvalue weighted by molar-refractivity contribution is 0.383. The number of rotatable bonds is 8. The third kappa shape index (κ3) is 3.97. The van der Waals surface area contributed by atoms with Gasteiger partial charge in [-0.05, 0) is 19.4 Å². The van der Waals surface area contributed by atoms with Crippen LogP contribution in [-0.4, -0.2) is 16.6 Å². The fourth-order valence-corrected chi connectivity index (χ4v) is 2.03. The summed E-state index contributed by atoms with van der Waals surface area (Å²) in [6.45, 7) is 6.52. The second-order valence-corrected chi connectivity index (χ2v) is 4.44. The highest BCUT2D eigenvalue weighted by molar-refractivity contribution is 4.92. The molecule has 0 aliphatic rings. The van der Waals surface area contributed by atoms with Gasteiger partial charge in [-0.25, -0.2) is 4.98 Å². The van der Waals surface area contributed by atoms with Crippen LogP contribution in [0.4, 0.5) is 0 Å². The summed E-state index contributed by atoms with van der Waals surface area (Å²) < 4.78 is 2.29. The van der Waals surface area contributed by atoms with Crippen molar-refractivity contribution in [3.8, 4) is 0 Å². The first-order chi connectivity index (χ1) is 7.81. The molecule has 1 rings (SSSR count). The fourth-order valence-electron chi connectivity index (χ4n) is 2.03. The van der Waals surface area contributed by atoms with Gasteiger partial charge in [-0.3, -0.25) is 0 Å². The highest BCUT2D eigenvalue weighted by Gasteiger charge is 2.09. The van der Waals surface area contributed by atoms with E-state index in [0.29, 0.717) is 0 Å². The second-order valence-electron chi connectivity index (χ2n) is 4.44. The fraction of sp³-hybridized carbons (Fsp3) is 0.769. The van der Waals surface area contributed by atoms with Gasteiger partial charge >= 0.3 is 0 Å². The number of aromatic nitrogens is 2. The zero-order chi connectivity index (χ0) is 11.8. The molecule has 92 valence electrons. The van der Waals surface area contributed by atoms with E-state index in [1.54, 1.807) is 0 Å². The van der Waals surface area contributed by atoms with E-state index in [2.05, 4.69) is 34.9 Å². The highest BCUT2D eigenvalue weighted by Crippen LogP contribution is 2.15. The molecule has 0 saturated carbocycles. The smallest absolute Gasteiger partial charge is 0.122 e. The average Bonchev–Trinajstić information content (AvgIpc) is 2.72. The molecule has 0 aliphatic carbocycles. The molecule has 0 bridgehead atoms. The van der Waals surface area contributed by atoms with Gasteiger partial charge < -0.3 is 9.88 Å². The summed E-state index contributed by atoms with van der Waals surface area (Å²) in [4.78, 5) is 4.37. The van der Waals surface area contributed by atoms with Gasteiger partial charge in [0.05, 0.1) is 6.54 Å². The number of nitrogens with one attached hydrogen (secondary N) is 1. The van der Waals surface area contributed by atoms with Gasteiger partial charge in [-0.2, -0.15) is 0 Å². The molecule has 0 aliphatic heterocycles. The molecule has 0 spiro atoms. The van der Waals surface area contributed by atoms with Crippen LogP contribution in [-0.2, 0) is 13.1 Å². The zero-order valence-corrected chi connectivity index (χ0v) is 10.9. The summed E-state index contributed by atoms with van der Waals surface area (Å²) in [6, 6.07) is 0. The van der Waals surface area contributed by atoms with Crippen LogP contribution in [0.15, 0.2) is 12.4 Å². The van der Waals surface area contributed by atoms with E-state index in [1.807, 2.05) is 13.2 Å². The molecule has 1 atom stereocenters. The van der Waals surface area contributed by atoms with Gasteiger partial charge in [0.25, 0.3) is 0 Å². The maximum Gasteiger partial charge on any atom is 0.122 e. The van der Waals surface area contributed by atoms with Crippen molar-refractivity contribution in [1.29, 1.82) is 0 Å². The van der Waals surface area contributed by atoms with Gasteiger partial charge in [0.15, 0.2) is 0 Å². The van der Waals surface area contributed by atoms with E-state index >= 15 is 0 Å². The summed E-state index contributed by atoms with van der Waals surface area (Å²) in [7, 11) is 1.97. The van der Waals surface area contributed by atoms with Gasteiger partial charge in [-0.1, -0.05) is 33.1 Å². The predicted molar refractivity (Wildman–Crippen MR) is 68.3 cm³/mol. The first-order valence-electron chi connectivity index (χ1n) is 6.46. The molecule has 1 heterocycles. The lowest BCUT2D eigenvalue weighted by Crippen LogP contribution is -2.16. The second kappa shape index (κ2) is 7.44. The molecule has 1 N–H and O–H groups in total. The van der Waals surface area contributed by atoms with Crippen molar-refractivity contribution in [2.45, 2.75) is 52.6 Å². The Labute approximate surface area is 99.3 Å². The molecule has 16 heavy (non-hydrogen) atoms. The molecule has 1 aromatic rings. The van der Waals surface area contributed by atoms with Gasteiger partial charge in [0.2, 0.25) is 0 Å². The first kappa shape index (κ1) is 13.2. The van der Waals surface area contributed by atoms with Crippen molar-refractivity contribution in [2.75, 3.05) is 7.05 Å². The third-order valence-electron chi connectivity index (χ3n) is 3.13.